The fourth-order valence-corrected chi connectivity index (χ4v) is 1.59. The van der Waals surface area contributed by atoms with Crippen LogP contribution in [0.15, 0.2) is 18.2 Å². The van der Waals surface area contributed by atoms with E-state index in [4.69, 9.17) is 14.2 Å². The average Bonchev–Trinajstić information content (AvgIpc) is 2.39. The van der Waals surface area contributed by atoms with Gasteiger partial charge in [-0.25, -0.2) is 4.79 Å². The van der Waals surface area contributed by atoms with Gasteiger partial charge in [0, 0.05) is 5.33 Å². The van der Waals surface area contributed by atoms with Gasteiger partial charge in [0.2, 0.25) is 0 Å². The van der Waals surface area contributed by atoms with Gasteiger partial charge < -0.3 is 14.2 Å². The lowest BCUT2D eigenvalue weighted by Gasteiger charge is -2.11. The van der Waals surface area contributed by atoms with Gasteiger partial charge >= 0.3 is 5.97 Å². The van der Waals surface area contributed by atoms with E-state index in [2.05, 4.69) is 15.9 Å². The molecule has 0 atom stereocenters. The van der Waals surface area contributed by atoms with E-state index in [1.165, 1.54) is 0 Å². The first-order valence-corrected chi connectivity index (χ1v) is 6.89. The van der Waals surface area contributed by atoms with Crippen LogP contribution in [0.25, 0.3) is 0 Å². The Kier molecular flexibility index (Phi) is 6.57. The molecule has 0 bridgehead atoms. The van der Waals surface area contributed by atoms with E-state index in [9.17, 15) is 4.79 Å². The van der Waals surface area contributed by atoms with Crippen LogP contribution in [0.5, 0.6) is 11.5 Å². The van der Waals surface area contributed by atoms with E-state index in [-0.39, 0.29) is 5.97 Å². The number of halogens is 1. The van der Waals surface area contributed by atoms with Crippen molar-refractivity contribution >= 4 is 21.9 Å². The standard InChI is InChI=1S/C13H17BrO4/c1-3-17-13(15)10-5-6-11(12(9-10)16-2)18-8-4-7-14/h5-6,9H,3-4,7-8H2,1-2H3. The van der Waals surface area contributed by atoms with Crippen LogP contribution in [0.4, 0.5) is 0 Å². The molecular formula is C13H17BrO4. The molecule has 0 aliphatic rings. The fraction of sp³-hybridized carbons (Fsp3) is 0.462. The lowest BCUT2D eigenvalue weighted by atomic mass is 10.2. The number of carbonyl (C=O) groups excluding carboxylic acids is 1. The highest BCUT2D eigenvalue weighted by atomic mass is 79.9. The molecule has 0 amide bonds. The molecule has 0 aliphatic heterocycles. The van der Waals surface area contributed by atoms with E-state index in [1.54, 1.807) is 32.2 Å². The molecule has 1 aromatic carbocycles. The summed E-state index contributed by atoms with van der Waals surface area (Å²) in [5.74, 6) is 0.810. The maximum absolute atomic E-state index is 11.6. The zero-order chi connectivity index (χ0) is 13.4. The minimum absolute atomic E-state index is 0.352. The Morgan fingerprint density at radius 3 is 2.72 bits per heavy atom. The summed E-state index contributed by atoms with van der Waals surface area (Å²) in [5.41, 5.74) is 0.460. The fourth-order valence-electron chi connectivity index (χ4n) is 1.36. The molecule has 0 heterocycles. The molecule has 1 aromatic rings. The highest BCUT2D eigenvalue weighted by molar-refractivity contribution is 9.09. The second kappa shape index (κ2) is 7.97. The van der Waals surface area contributed by atoms with E-state index in [0.717, 1.165) is 11.8 Å². The molecule has 1 rings (SSSR count). The second-order valence-corrected chi connectivity index (χ2v) is 4.27. The van der Waals surface area contributed by atoms with Crippen LogP contribution >= 0.6 is 15.9 Å². The number of esters is 1. The first-order valence-electron chi connectivity index (χ1n) is 5.76. The van der Waals surface area contributed by atoms with Crippen molar-refractivity contribution in [2.24, 2.45) is 0 Å². The van der Waals surface area contributed by atoms with Gasteiger partial charge in [0.15, 0.2) is 11.5 Å². The maximum Gasteiger partial charge on any atom is 0.338 e. The van der Waals surface area contributed by atoms with Gasteiger partial charge in [-0.15, -0.1) is 0 Å². The highest BCUT2D eigenvalue weighted by Gasteiger charge is 2.11. The highest BCUT2D eigenvalue weighted by Crippen LogP contribution is 2.28. The van der Waals surface area contributed by atoms with Gasteiger partial charge in [-0.05, 0) is 31.5 Å². The summed E-state index contributed by atoms with van der Waals surface area (Å²) in [6.07, 6.45) is 0.906. The molecule has 0 saturated heterocycles. The van der Waals surface area contributed by atoms with Crippen molar-refractivity contribution in [2.75, 3.05) is 25.7 Å². The first kappa shape index (κ1) is 14.8. The Labute approximate surface area is 115 Å². The molecule has 0 radical (unpaired) electrons. The molecule has 0 saturated carbocycles. The van der Waals surface area contributed by atoms with E-state index < -0.39 is 0 Å². The Morgan fingerprint density at radius 2 is 2.11 bits per heavy atom. The van der Waals surface area contributed by atoms with Crippen molar-refractivity contribution in [3.8, 4) is 11.5 Å². The van der Waals surface area contributed by atoms with E-state index in [1.807, 2.05) is 0 Å². The molecular weight excluding hydrogens is 300 g/mol. The molecule has 0 unspecified atom stereocenters. The van der Waals surface area contributed by atoms with Crippen molar-refractivity contribution in [1.82, 2.24) is 0 Å². The summed E-state index contributed by atoms with van der Waals surface area (Å²) in [5, 5.41) is 0.885. The topological polar surface area (TPSA) is 44.8 Å². The van der Waals surface area contributed by atoms with Gasteiger partial charge in [-0.2, -0.15) is 0 Å². The normalized spacial score (nSPS) is 9.94. The van der Waals surface area contributed by atoms with Crippen molar-refractivity contribution in [2.45, 2.75) is 13.3 Å². The minimum Gasteiger partial charge on any atom is -0.493 e. The summed E-state index contributed by atoms with van der Waals surface area (Å²) in [6, 6.07) is 5.02. The number of ether oxygens (including phenoxy) is 3. The molecule has 0 aliphatic carbocycles. The second-order valence-electron chi connectivity index (χ2n) is 3.48. The van der Waals surface area contributed by atoms with Gasteiger partial charge in [-0.1, -0.05) is 15.9 Å². The summed E-state index contributed by atoms with van der Waals surface area (Å²) in [4.78, 5) is 11.6. The number of rotatable bonds is 7. The quantitative estimate of drug-likeness (QED) is 0.440. The minimum atomic E-state index is -0.359. The van der Waals surface area contributed by atoms with Crippen molar-refractivity contribution in [3.63, 3.8) is 0 Å². The van der Waals surface area contributed by atoms with Crippen LogP contribution in [-0.2, 0) is 4.74 Å². The van der Waals surface area contributed by atoms with Crippen molar-refractivity contribution in [1.29, 1.82) is 0 Å². The Hall–Kier alpha value is -1.23. The first-order chi connectivity index (χ1) is 8.72. The SMILES string of the molecule is CCOC(=O)c1ccc(OCCCBr)c(OC)c1. The number of carbonyl (C=O) groups is 1. The van der Waals surface area contributed by atoms with E-state index in [0.29, 0.717) is 30.3 Å². The largest absolute Gasteiger partial charge is 0.493 e. The zero-order valence-corrected chi connectivity index (χ0v) is 12.2. The van der Waals surface area contributed by atoms with Crippen LogP contribution in [0.1, 0.15) is 23.7 Å². The summed E-state index contributed by atoms with van der Waals surface area (Å²) < 4.78 is 15.7. The predicted molar refractivity (Wildman–Crippen MR) is 72.9 cm³/mol. The number of methoxy groups -OCH3 is 1. The Bertz CT molecular complexity index is 393. The Balaban J connectivity index is 2.79. The summed E-state index contributed by atoms with van der Waals surface area (Å²) in [7, 11) is 1.54. The molecule has 5 heteroatoms. The molecule has 0 aromatic heterocycles. The van der Waals surface area contributed by atoms with Gasteiger partial charge in [0.05, 0.1) is 25.9 Å². The third-order valence-electron chi connectivity index (χ3n) is 2.21. The molecule has 18 heavy (non-hydrogen) atoms. The van der Waals surface area contributed by atoms with Crippen LogP contribution in [-0.4, -0.2) is 31.6 Å². The summed E-state index contributed by atoms with van der Waals surface area (Å²) in [6.45, 7) is 2.72. The number of benzene rings is 1. The lowest BCUT2D eigenvalue weighted by molar-refractivity contribution is 0.0526. The van der Waals surface area contributed by atoms with Gasteiger partial charge in [-0.3, -0.25) is 0 Å². The molecule has 4 nitrogen and oxygen atoms in total. The third kappa shape index (κ3) is 4.22. The van der Waals surface area contributed by atoms with E-state index >= 15 is 0 Å². The summed E-state index contributed by atoms with van der Waals surface area (Å²) >= 11 is 3.33. The smallest absolute Gasteiger partial charge is 0.338 e. The van der Waals surface area contributed by atoms with Crippen LogP contribution in [0.3, 0.4) is 0 Å². The molecule has 0 fully saturated rings. The maximum atomic E-state index is 11.6. The zero-order valence-electron chi connectivity index (χ0n) is 10.6. The number of alkyl halides is 1. The monoisotopic (exact) mass is 316 g/mol. The van der Waals surface area contributed by atoms with Gasteiger partial charge in [0.25, 0.3) is 0 Å². The van der Waals surface area contributed by atoms with Crippen molar-refractivity contribution in [3.05, 3.63) is 23.8 Å². The van der Waals surface area contributed by atoms with Crippen LogP contribution in [0, 0.1) is 0 Å². The van der Waals surface area contributed by atoms with Crippen LogP contribution in [0.2, 0.25) is 0 Å². The lowest BCUT2D eigenvalue weighted by Crippen LogP contribution is -2.06. The van der Waals surface area contributed by atoms with Crippen LogP contribution < -0.4 is 9.47 Å². The van der Waals surface area contributed by atoms with Crippen molar-refractivity contribution < 1.29 is 19.0 Å². The molecule has 0 spiro atoms. The average molecular weight is 317 g/mol. The molecule has 100 valence electrons. The molecule has 0 N–H and O–H groups in total. The Morgan fingerprint density at radius 1 is 1.33 bits per heavy atom. The predicted octanol–water partition coefficient (Wildman–Crippen LogP) is 3.04. The van der Waals surface area contributed by atoms with Gasteiger partial charge in [0.1, 0.15) is 0 Å². The third-order valence-corrected chi connectivity index (χ3v) is 2.77. The number of hydrogen-bond acceptors (Lipinski definition) is 4. The number of hydrogen-bond donors (Lipinski definition) is 0.